The first kappa shape index (κ1) is 9.95. The van der Waals surface area contributed by atoms with Crippen molar-refractivity contribution in [1.29, 1.82) is 0 Å². The zero-order valence-corrected chi connectivity index (χ0v) is 9.31. The number of ketones is 1. The molecule has 3 atom stereocenters. The van der Waals surface area contributed by atoms with Crippen LogP contribution in [0.4, 0.5) is 0 Å². The van der Waals surface area contributed by atoms with Crippen molar-refractivity contribution in [3.8, 4) is 0 Å². The first-order chi connectivity index (χ1) is 6.59. The summed E-state index contributed by atoms with van der Waals surface area (Å²) in [5, 5.41) is 0. The van der Waals surface area contributed by atoms with E-state index in [0.717, 1.165) is 12.0 Å². The van der Waals surface area contributed by atoms with Crippen molar-refractivity contribution in [2.45, 2.75) is 46.0 Å². The van der Waals surface area contributed by atoms with Gasteiger partial charge < -0.3 is 0 Å². The maximum Gasteiger partial charge on any atom is 0.159 e. The smallest absolute Gasteiger partial charge is 0.159 e. The highest BCUT2D eigenvalue weighted by Gasteiger charge is 2.51. The van der Waals surface area contributed by atoms with Crippen LogP contribution in [0.5, 0.6) is 0 Å². The van der Waals surface area contributed by atoms with Crippen LogP contribution in [0, 0.1) is 17.3 Å². The lowest BCUT2D eigenvalue weighted by molar-refractivity contribution is -0.114. The van der Waals surface area contributed by atoms with Gasteiger partial charge in [-0.15, -0.1) is 0 Å². The molecule has 2 fully saturated rings. The lowest BCUT2D eigenvalue weighted by atomic mass is 9.60. The van der Waals surface area contributed by atoms with E-state index in [4.69, 9.17) is 0 Å². The Kier molecular flexibility index (Phi) is 2.29. The van der Waals surface area contributed by atoms with Gasteiger partial charge in [0.25, 0.3) is 0 Å². The molecule has 0 aromatic rings. The van der Waals surface area contributed by atoms with E-state index in [2.05, 4.69) is 20.4 Å². The molecule has 0 heterocycles. The Hall–Kier alpha value is -0.590. The minimum absolute atomic E-state index is 0.176. The van der Waals surface area contributed by atoms with Gasteiger partial charge in [-0.3, -0.25) is 4.79 Å². The molecular weight excluding hydrogens is 172 g/mol. The van der Waals surface area contributed by atoms with Gasteiger partial charge in [-0.25, -0.2) is 0 Å². The second-order valence-corrected chi connectivity index (χ2v) is 5.19. The lowest BCUT2D eigenvalue weighted by Crippen LogP contribution is -2.36. The van der Waals surface area contributed by atoms with Crippen LogP contribution in [-0.4, -0.2) is 5.78 Å². The number of Topliss-reactive ketones (excluding diaryl/α,β-unsaturated/α-hetero) is 1. The molecule has 14 heavy (non-hydrogen) atoms. The summed E-state index contributed by atoms with van der Waals surface area (Å²) < 4.78 is 0. The van der Waals surface area contributed by atoms with Crippen LogP contribution < -0.4 is 0 Å². The zero-order chi connectivity index (χ0) is 10.3. The highest BCUT2D eigenvalue weighted by molar-refractivity contribution is 5.99. The third kappa shape index (κ3) is 1.11. The minimum Gasteiger partial charge on any atom is -0.295 e. The Bertz CT molecular complexity index is 279. The van der Waals surface area contributed by atoms with Gasteiger partial charge in [0, 0.05) is 11.8 Å². The van der Waals surface area contributed by atoms with Crippen LogP contribution in [0.15, 0.2) is 12.2 Å². The molecule has 0 aromatic heterocycles. The Morgan fingerprint density at radius 3 is 2.50 bits per heavy atom. The van der Waals surface area contributed by atoms with Gasteiger partial charge in [-0.1, -0.05) is 33.3 Å². The average molecular weight is 192 g/mol. The predicted molar refractivity (Wildman–Crippen MR) is 58.0 cm³/mol. The third-order valence-corrected chi connectivity index (χ3v) is 4.63. The second-order valence-electron chi connectivity index (χ2n) is 5.19. The highest BCUT2D eigenvalue weighted by Crippen LogP contribution is 2.56. The van der Waals surface area contributed by atoms with Gasteiger partial charge in [-0.05, 0) is 30.3 Å². The predicted octanol–water partition coefficient (Wildman–Crippen LogP) is 3.35. The molecule has 0 radical (unpaired) electrons. The van der Waals surface area contributed by atoms with Gasteiger partial charge in [0.05, 0.1) is 0 Å². The quantitative estimate of drug-likeness (QED) is 0.538. The summed E-state index contributed by atoms with van der Waals surface area (Å²) in [6.07, 6.45) is 5.82. The summed E-state index contributed by atoms with van der Waals surface area (Å²) in [7, 11) is 0. The van der Waals surface area contributed by atoms with Crippen LogP contribution in [0.3, 0.4) is 0 Å². The van der Waals surface area contributed by atoms with Gasteiger partial charge in [-0.2, -0.15) is 0 Å². The average Bonchev–Trinajstić information content (AvgIpc) is 2.36. The van der Waals surface area contributed by atoms with E-state index in [9.17, 15) is 4.79 Å². The van der Waals surface area contributed by atoms with Crippen molar-refractivity contribution in [2.24, 2.45) is 17.3 Å². The summed E-state index contributed by atoms with van der Waals surface area (Å²) in [4.78, 5) is 11.7. The summed E-state index contributed by atoms with van der Waals surface area (Å²) in [6, 6.07) is 0. The summed E-state index contributed by atoms with van der Waals surface area (Å²) in [5.41, 5.74) is 1.12. The van der Waals surface area contributed by atoms with E-state index < -0.39 is 0 Å². The Morgan fingerprint density at radius 2 is 2.00 bits per heavy atom. The van der Waals surface area contributed by atoms with Crippen molar-refractivity contribution >= 4 is 5.78 Å². The molecule has 2 rings (SSSR count). The van der Waals surface area contributed by atoms with E-state index in [1.54, 1.807) is 0 Å². The normalized spacial score (nSPS) is 43.6. The van der Waals surface area contributed by atoms with Crippen molar-refractivity contribution in [3.63, 3.8) is 0 Å². The number of rotatable bonds is 0. The fourth-order valence-corrected chi connectivity index (χ4v) is 3.69. The summed E-state index contributed by atoms with van der Waals surface area (Å²) in [5.74, 6) is 1.51. The first-order valence-corrected chi connectivity index (χ1v) is 5.81. The SMILES string of the molecule is C=C1C(=O)C[C@@H](C)[C@]12CCCC[C@@H]2C. The zero-order valence-electron chi connectivity index (χ0n) is 9.31. The van der Waals surface area contributed by atoms with Gasteiger partial charge in [0.1, 0.15) is 0 Å². The third-order valence-electron chi connectivity index (χ3n) is 4.63. The molecule has 0 amide bonds. The molecule has 2 aliphatic carbocycles. The number of carbonyl (C=O) groups is 1. The molecule has 1 nitrogen and oxygen atoms in total. The van der Waals surface area contributed by atoms with E-state index in [-0.39, 0.29) is 5.41 Å². The Balaban J connectivity index is 2.36. The maximum absolute atomic E-state index is 11.7. The molecule has 78 valence electrons. The summed E-state index contributed by atoms with van der Waals surface area (Å²) in [6.45, 7) is 8.60. The Labute approximate surface area is 86.6 Å². The molecule has 2 saturated carbocycles. The summed E-state index contributed by atoms with van der Waals surface area (Å²) >= 11 is 0. The van der Waals surface area contributed by atoms with Gasteiger partial charge in [0.2, 0.25) is 0 Å². The van der Waals surface area contributed by atoms with Crippen molar-refractivity contribution in [1.82, 2.24) is 0 Å². The second kappa shape index (κ2) is 3.22. The number of carbonyl (C=O) groups excluding carboxylic acids is 1. The number of hydrogen-bond acceptors (Lipinski definition) is 1. The molecule has 0 N–H and O–H groups in total. The topological polar surface area (TPSA) is 17.1 Å². The fourth-order valence-electron chi connectivity index (χ4n) is 3.69. The number of allylic oxidation sites excluding steroid dienone is 1. The lowest BCUT2D eigenvalue weighted by Gasteiger charge is -2.43. The molecule has 0 unspecified atom stereocenters. The molecule has 2 aliphatic rings. The standard InChI is InChI=1S/C13H20O/c1-9-6-4-5-7-13(9)10(2)8-12(14)11(13)3/h9-10H,3-8H2,1-2H3/t9-,10+,13+/m0/s1. The maximum atomic E-state index is 11.7. The van der Waals surface area contributed by atoms with E-state index in [1.165, 1.54) is 25.7 Å². The molecular formula is C13H20O. The largest absolute Gasteiger partial charge is 0.295 e. The number of hydrogen-bond donors (Lipinski definition) is 0. The highest BCUT2D eigenvalue weighted by atomic mass is 16.1. The van der Waals surface area contributed by atoms with Crippen LogP contribution in [0.2, 0.25) is 0 Å². The molecule has 0 saturated heterocycles. The van der Waals surface area contributed by atoms with Crippen molar-refractivity contribution in [2.75, 3.05) is 0 Å². The van der Waals surface area contributed by atoms with Crippen LogP contribution in [-0.2, 0) is 4.79 Å². The van der Waals surface area contributed by atoms with E-state index in [0.29, 0.717) is 17.6 Å². The van der Waals surface area contributed by atoms with E-state index >= 15 is 0 Å². The van der Waals surface area contributed by atoms with E-state index in [1.807, 2.05) is 0 Å². The monoisotopic (exact) mass is 192 g/mol. The fraction of sp³-hybridized carbons (Fsp3) is 0.769. The van der Waals surface area contributed by atoms with Crippen LogP contribution in [0.25, 0.3) is 0 Å². The van der Waals surface area contributed by atoms with Crippen molar-refractivity contribution in [3.05, 3.63) is 12.2 Å². The Morgan fingerprint density at radius 1 is 1.29 bits per heavy atom. The first-order valence-electron chi connectivity index (χ1n) is 5.81. The molecule has 1 spiro atoms. The molecule has 0 aromatic carbocycles. The molecule has 1 heteroatoms. The molecule has 0 bridgehead atoms. The molecule has 0 aliphatic heterocycles. The van der Waals surface area contributed by atoms with Crippen LogP contribution >= 0.6 is 0 Å². The van der Waals surface area contributed by atoms with Crippen LogP contribution in [0.1, 0.15) is 46.0 Å². The van der Waals surface area contributed by atoms with Gasteiger partial charge >= 0.3 is 0 Å². The van der Waals surface area contributed by atoms with Gasteiger partial charge in [0.15, 0.2) is 5.78 Å². The van der Waals surface area contributed by atoms with Crippen molar-refractivity contribution < 1.29 is 4.79 Å². The minimum atomic E-state index is 0.176.